The van der Waals surface area contributed by atoms with Crippen molar-refractivity contribution >= 4 is 17.4 Å². The molecule has 2 fully saturated rings. The lowest BCUT2D eigenvalue weighted by Gasteiger charge is -2.32. The number of hydrogen-bond acceptors (Lipinski definition) is 8. The van der Waals surface area contributed by atoms with E-state index < -0.39 is 0 Å². The molecule has 4 heterocycles. The number of nitrogens with zero attached hydrogens (tertiary/aromatic N) is 6. The molecule has 1 saturated heterocycles. The SMILES string of the molecule is COC[C@H](C)Nc1ncc2c(-c3ccc(C(=O)N4CCN(C)CC4)nc3)cc([C@H]3CC[C@H](O)CC3)n2n1. The highest BCUT2D eigenvalue weighted by Crippen LogP contribution is 2.37. The van der Waals surface area contributed by atoms with Crippen LogP contribution in [0.2, 0.25) is 0 Å². The smallest absolute Gasteiger partial charge is 0.272 e. The summed E-state index contributed by atoms with van der Waals surface area (Å²) in [5, 5.41) is 18.2. The van der Waals surface area contributed by atoms with Gasteiger partial charge in [0.2, 0.25) is 5.95 Å². The second-order valence-corrected chi connectivity index (χ2v) is 10.4. The van der Waals surface area contributed by atoms with Crippen LogP contribution in [0.3, 0.4) is 0 Å². The standard InChI is InChI=1S/C27H37N7O3/c1-18(17-37-3)30-27-29-16-25-22(14-24(34(25)31-27)19-4-7-21(35)8-5-19)20-6-9-23(28-15-20)26(36)33-12-10-32(2)11-13-33/h6,9,14-16,18-19,21,35H,4-5,7-8,10-13,17H2,1-3H3,(H,30,31)/t18-,19-,21-/m0/s1. The number of likely N-dealkylation sites (N-methyl/N-ethyl adjacent to an activating group) is 1. The molecule has 0 radical (unpaired) electrons. The van der Waals surface area contributed by atoms with Crippen LogP contribution in [0.1, 0.15) is 54.7 Å². The van der Waals surface area contributed by atoms with Crippen LogP contribution in [-0.2, 0) is 4.74 Å². The number of piperazine rings is 1. The summed E-state index contributed by atoms with van der Waals surface area (Å²) in [7, 11) is 3.75. The molecule has 198 valence electrons. The molecule has 10 heteroatoms. The normalized spacial score (nSPS) is 21.8. The average Bonchev–Trinajstić information content (AvgIpc) is 3.28. The van der Waals surface area contributed by atoms with E-state index in [2.05, 4.69) is 33.3 Å². The van der Waals surface area contributed by atoms with E-state index in [4.69, 9.17) is 9.84 Å². The summed E-state index contributed by atoms with van der Waals surface area (Å²) >= 11 is 0. The maximum atomic E-state index is 13.0. The van der Waals surface area contributed by atoms with Crippen LogP contribution in [0.25, 0.3) is 16.6 Å². The number of carbonyl (C=O) groups excluding carboxylic acids is 1. The Hall–Kier alpha value is -3.08. The van der Waals surface area contributed by atoms with Gasteiger partial charge >= 0.3 is 0 Å². The lowest BCUT2D eigenvalue weighted by molar-refractivity contribution is 0.0658. The number of anilines is 1. The van der Waals surface area contributed by atoms with Gasteiger partial charge in [-0.05, 0) is 51.8 Å². The van der Waals surface area contributed by atoms with Crippen LogP contribution in [0, 0.1) is 0 Å². The van der Waals surface area contributed by atoms with E-state index in [-0.39, 0.29) is 18.1 Å². The molecule has 2 N–H and O–H groups in total. The van der Waals surface area contributed by atoms with Gasteiger partial charge < -0.3 is 25.0 Å². The maximum Gasteiger partial charge on any atom is 0.272 e. The minimum Gasteiger partial charge on any atom is -0.393 e. The number of pyridine rings is 1. The average molecular weight is 508 g/mol. The number of aliphatic hydroxyl groups excluding tert-OH is 1. The van der Waals surface area contributed by atoms with E-state index in [1.54, 1.807) is 13.3 Å². The molecule has 3 aromatic heterocycles. The molecule has 0 aromatic carbocycles. The van der Waals surface area contributed by atoms with Gasteiger partial charge in [-0.25, -0.2) is 9.50 Å². The Kier molecular flexibility index (Phi) is 7.68. The number of carbonyl (C=O) groups is 1. The minimum absolute atomic E-state index is 0.0212. The van der Waals surface area contributed by atoms with Gasteiger partial charge in [-0.2, -0.15) is 0 Å². The maximum absolute atomic E-state index is 13.0. The third-order valence-corrected chi connectivity index (χ3v) is 7.54. The molecule has 1 amide bonds. The molecular weight excluding hydrogens is 470 g/mol. The van der Waals surface area contributed by atoms with E-state index in [1.165, 1.54) is 0 Å². The number of rotatable bonds is 7. The predicted molar refractivity (Wildman–Crippen MR) is 142 cm³/mol. The lowest BCUT2D eigenvalue weighted by atomic mass is 9.85. The Morgan fingerprint density at radius 2 is 1.89 bits per heavy atom. The van der Waals surface area contributed by atoms with Crippen LogP contribution in [0.15, 0.2) is 30.6 Å². The van der Waals surface area contributed by atoms with Crippen LogP contribution in [0.5, 0.6) is 0 Å². The summed E-state index contributed by atoms with van der Waals surface area (Å²) in [6.07, 6.45) is 6.80. The molecule has 1 aliphatic heterocycles. The number of nitrogens with one attached hydrogen (secondary N) is 1. The number of ether oxygens (including phenoxy) is 1. The van der Waals surface area contributed by atoms with Crippen molar-refractivity contribution in [1.82, 2.24) is 29.4 Å². The highest BCUT2D eigenvalue weighted by Gasteiger charge is 2.26. The molecule has 3 aromatic rings. The predicted octanol–water partition coefficient (Wildman–Crippen LogP) is 2.64. The van der Waals surface area contributed by atoms with Gasteiger partial charge in [0.25, 0.3) is 5.91 Å². The highest BCUT2D eigenvalue weighted by molar-refractivity contribution is 5.93. The fourth-order valence-corrected chi connectivity index (χ4v) is 5.34. The van der Waals surface area contributed by atoms with Gasteiger partial charge in [0.15, 0.2) is 0 Å². The zero-order valence-electron chi connectivity index (χ0n) is 21.9. The van der Waals surface area contributed by atoms with Crippen molar-refractivity contribution in [3.8, 4) is 11.1 Å². The van der Waals surface area contributed by atoms with E-state index in [0.717, 1.165) is 74.2 Å². The third-order valence-electron chi connectivity index (χ3n) is 7.54. The van der Waals surface area contributed by atoms with Gasteiger partial charge in [0.05, 0.1) is 24.4 Å². The van der Waals surface area contributed by atoms with Crippen molar-refractivity contribution < 1.29 is 14.6 Å². The van der Waals surface area contributed by atoms with Gasteiger partial charge in [-0.15, -0.1) is 5.10 Å². The largest absolute Gasteiger partial charge is 0.393 e. The van der Waals surface area contributed by atoms with Crippen molar-refractivity contribution in [3.05, 3.63) is 42.0 Å². The second kappa shape index (κ2) is 11.1. The van der Waals surface area contributed by atoms with Crippen molar-refractivity contribution in [1.29, 1.82) is 0 Å². The number of fused-ring (bicyclic) bond motifs is 1. The highest BCUT2D eigenvalue weighted by atomic mass is 16.5. The van der Waals surface area contributed by atoms with Gasteiger partial charge in [0, 0.05) is 68.3 Å². The van der Waals surface area contributed by atoms with Crippen LogP contribution < -0.4 is 5.32 Å². The zero-order valence-corrected chi connectivity index (χ0v) is 21.9. The van der Waals surface area contributed by atoms with E-state index >= 15 is 0 Å². The van der Waals surface area contributed by atoms with E-state index in [0.29, 0.717) is 24.2 Å². The van der Waals surface area contributed by atoms with Gasteiger partial charge in [-0.3, -0.25) is 9.78 Å². The number of methoxy groups -OCH3 is 1. The van der Waals surface area contributed by atoms with Crippen LogP contribution >= 0.6 is 0 Å². The number of hydrogen-bond donors (Lipinski definition) is 2. The molecule has 1 saturated carbocycles. The summed E-state index contributed by atoms with van der Waals surface area (Å²) < 4.78 is 7.22. The second-order valence-electron chi connectivity index (χ2n) is 10.4. The quantitative estimate of drug-likeness (QED) is 0.503. The fraction of sp³-hybridized carbons (Fsp3) is 0.556. The Morgan fingerprint density at radius 3 is 2.57 bits per heavy atom. The van der Waals surface area contributed by atoms with Crippen molar-refractivity contribution in [2.24, 2.45) is 0 Å². The van der Waals surface area contributed by atoms with E-state index in [1.807, 2.05) is 34.7 Å². The van der Waals surface area contributed by atoms with Crippen molar-refractivity contribution in [2.45, 2.75) is 50.7 Å². The monoisotopic (exact) mass is 507 g/mol. The summed E-state index contributed by atoms with van der Waals surface area (Å²) in [6.45, 7) is 5.78. The molecule has 1 aliphatic carbocycles. The lowest BCUT2D eigenvalue weighted by Crippen LogP contribution is -2.47. The molecule has 0 bridgehead atoms. The third kappa shape index (κ3) is 5.61. The first-order chi connectivity index (χ1) is 17.9. The molecule has 1 atom stereocenters. The van der Waals surface area contributed by atoms with Gasteiger partial charge in [-0.1, -0.05) is 6.07 Å². The topological polar surface area (TPSA) is 108 Å². The molecule has 2 aliphatic rings. The fourth-order valence-electron chi connectivity index (χ4n) is 5.34. The molecule has 0 spiro atoms. The molecule has 0 unspecified atom stereocenters. The minimum atomic E-state index is -0.224. The zero-order chi connectivity index (χ0) is 25.9. The first-order valence-corrected chi connectivity index (χ1v) is 13.2. The Labute approximate surface area is 217 Å². The summed E-state index contributed by atoms with van der Waals surface area (Å²) in [4.78, 5) is 26.2. The Bertz CT molecular complexity index is 1210. The van der Waals surface area contributed by atoms with E-state index in [9.17, 15) is 9.90 Å². The molecule has 37 heavy (non-hydrogen) atoms. The van der Waals surface area contributed by atoms with Crippen LogP contribution in [-0.4, -0.2) is 99.5 Å². The van der Waals surface area contributed by atoms with Crippen molar-refractivity contribution in [3.63, 3.8) is 0 Å². The summed E-state index contributed by atoms with van der Waals surface area (Å²) in [5.41, 5.74) is 4.38. The summed E-state index contributed by atoms with van der Waals surface area (Å²) in [5.74, 6) is 0.824. The molecular formula is C27H37N7O3. The summed E-state index contributed by atoms with van der Waals surface area (Å²) in [6, 6.07) is 6.03. The molecule has 10 nitrogen and oxygen atoms in total. The van der Waals surface area contributed by atoms with Crippen LogP contribution in [0.4, 0.5) is 5.95 Å². The number of aliphatic hydroxyl groups is 1. The number of aromatic nitrogens is 4. The Balaban J connectivity index is 1.45. The molecule has 5 rings (SSSR count). The first-order valence-electron chi connectivity index (χ1n) is 13.2. The van der Waals surface area contributed by atoms with Crippen molar-refractivity contribution in [2.75, 3.05) is 52.3 Å². The Morgan fingerprint density at radius 1 is 1.14 bits per heavy atom. The van der Waals surface area contributed by atoms with Gasteiger partial charge in [0.1, 0.15) is 5.69 Å². The number of amides is 1. The first kappa shape index (κ1) is 25.6.